The third-order valence-electron chi connectivity index (χ3n) is 7.37. The summed E-state index contributed by atoms with van der Waals surface area (Å²) in [5, 5.41) is 2.57. The van der Waals surface area contributed by atoms with Crippen LogP contribution in [0.25, 0.3) is 0 Å². The average molecular weight is 579 g/mol. The Morgan fingerprint density at radius 1 is 1.10 bits per heavy atom. The molecule has 3 N–H and O–H groups in total. The van der Waals surface area contributed by atoms with Gasteiger partial charge in [-0.2, -0.15) is 13.2 Å². The second-order valence-corrected chi connectivity index (χ2v) is 10.3. The molecule has 3 aromatic rings. The van der Waals surface area contributed by atoms with E-state index in [0.717, 1.165) is 5.56 Å². The lowest BCUT2D eigenvalue weighted by Gasteiger charge is -2.31. The number of aryl methyl sites for hydroxylation is 1. The molecule has 2 aliphatic rings. The van der Waals surface area contributed by atoms with Crippen molar-refractivity contribution in [3.8, 4) is 5.75 Å². The Labute approximate surface area is 240 Å². The van der Waals surface area contributed by atoms with Gasteiger partial charge in [0.1, 0.15) is 12.4 Å². The molecule has 3 atom stereocenters. The van der Waals surface area contributed by atoms with Crippen LogP contribution in [0.15, 0.2) is 77.8 Å². The fourth-order valence-electron chi connectivity index (χ4n) is 5.47. The number of anilines is 1. The van der Waals surface area contributed by atoms with Crippen LogP contribution in [0.1, 0.15) is 41.0 Å². The molecule has 0 aliphatic carbocycles. The molecule has 0 bridgehead atoms. The Hall–Kier alpha value is -4.67. The number of nitrogens with zero attached hydrogens (tertiary/aromatic N) is 2. The Bertz CT molecular complexity index is 1540. The van der Waals surface area contributed by atoms with Crippen molar-refractivity contribution >= 4 is 29.1 Å². The van der Waals surface area contributed by atoms with Crippen LogP contribution in [0, 0.1) is 12.8 Å². The van der Waals surface area contributed by atoms with Gasteiger partial charge in [-0.1, -0.05) is 66.2 Å². The highest BCUT2D eigenvalue weighted by Gasteiger charge is 2.41. The summed E-state index contributed by atoms with van der Waals surface area (Å²) in [5.74, 6) is -4.86. The minimum Gasteiger partial charge on any atom is -0.490 e. The molecule has 11 heteroatoms. The first kappa shape index (κ1) is 28.8. The van der Waals surface area contributed by atoms with Gasteiger partial charge in [0.2, 0.25) is 18.0 Å². The first-order chi connectivity index (χ1) is 20.0. The van der Waals surface area contributed by atoms with Crippen LogP contribution in [0.2, 0.25) is 0 Å². The molecular weight excluding hydrogens is 549 g/mol. The van der Waals surface area contributed by atoms with Crippen molar-refractivity contribution in [2.75, 3.05) is 18.1 Å². The van der Waals surface area contributed by atoms with Crippen molar-refractivity contribution in [3.63, 3.8) is 0 Å². The zero-order valence-corrected chi connectivity index (χ0v) is 22.7. The fraction of sp³-hybridized carbons (Fsp3) is 0.290. The van der Waals surface area contributed by atoms with Gasteiger partial charge in [-0.3, -0.25) is 14.4 Å². The monoisotopic (exact) mass is 578 g/mol. The molecule has 0 spiro atoms. The van der Waals surface area contributed by atoms with Crippen molar-refractivity contribution in [3.05, 3.63) is 95.1 Å². The standard InChI is InChI=1S/C31H29F3N4O4/c1-18-7-5-10-20(17-18)25-22-11-6-12-23-26(22)38(15-16-42-23)30(41)28(36-25)37-29(40)21(13-14-31(32,33)34)24(27(35)39)19-8-3-2-4-9-19/h2-12,17,21,24,28H,13-16H2,1H3,(H2,35,39)(H,37,40). The number of aliphatic imine (C=N–C) groups is 1. The topological polar surface area (TPSA) is 114 Å². The summed E-state index contributed by atoms with van der Waals surface area (Å²) >= 11 is 0. The lowest BCUT2D eigenvalue weighted by molar-refractivity contribution is -0.144. The molecule has 3 amide bonds. The molecule has 0 aromatic heterocycles. The van der Waals surface area contributed by atoms with E-state index in [1.807, 2.05) is 31.2 Å². The first-order valence-corrected chi connectivity index (χ1v) is 13.5. The smallest absolute Gasteiger partial charge is 0.389 e. The van der Waals surface area contributed by atoms with E-state index >= 15 is 0 Å². The number of rotatable bonds is 8. The van der Waals surface area contributed by atoms with Gasteiger partial charge in [0, 0.05) is 17.5 Å². The average Bonchev–Trinajstić information content (AvgIpc) is 3.07. The number of nitrogens with two attached hydrogens (primary N) is 1. The quantitative estimate of drug-likeness (QED) is 0.416. The van der Waals surface area contributed by atoms with Crippen molar-refractivity contribution in [1.29, 1.82) is 0 Å². The minimum atomic E-state index is -4.59. The van der Waals surface area contributed by atoms with Gasteiger partial charge in [-0.15, -0.1) is 0 Å². The Kier molecular flexibility index (Phi) is 8.02. The molecule has 5 rings (SSSR count). The molecular formula is C31H29F3N4O4. The zero-order valence-electron chi connectivity index (χ0n) is 22.7. The van der Waals surface area contributed by atoms with E-state index in [1.165, 1.54) is 17.0 Å². The van der Waals surface area contributed by atoms with Gasteiger partial charge in [-0.05, 0) is 31.0 Å². The summed E-state index contributed by atoms with van der Waals surface area (Å²) in [6, 6.07) is 20.7. The predicted molar refractivity (Wildman–Crippen MR) is 150 cm³/mol. The maximum absolute atomic E-state index is 13.9. The van der Waals surface area contributed by atoms with Crippen LogP contribution in [-0.2, 0) is 14.4 Å². The molecule has 0 saturated heterocycles. The third kappa shape index (κ3) is 6.00. The number of hydrogen-bond acceptors (Lipinski definition) is 5. The number of carbonyl (C=O) groups is 3. The maximum atomic E-state index is 13.9. The number of benzene rings is 3. The van der Waals surface area contributed by atoms with E-state index in [-0.39, 0.29) is 13.2 Å². The molecule has 0 radical (unpaired) electrons. The molecule has 2 aliphatic heterocycles. The van der Waals surface area contributed by atoms with E-state index in [2.05, 4.69) is 10.3 Å². The molecule has 0 saturated carbocycles. The van der Waals surface area contributed by atoms with Crippen LogP contribution in [-0.4, -0.2) is 48.9 Å². The molecule has 2 heterocycles. The molecule has 8 nitrogen and oxygen atoms in total. The van der Waals surface area contributed by atoms with E-state index < -0.39 is 54.7 Å². The molecule has 42 heavy (non-hydrogen) atoms. The van der Waals surface area contributed by atoms with E-state index in [1.54, 1.807) is 36.4 Å². The number of ether oxygens (including phenoxy) is 1. The van der Waals surface area contributed by atoms with Gasteiger partial charge in [0.05, 0.1) is 29.8 Å². The van der Waals surface area contributed by atoms with Crippen molar-refractivity contribution in [2.45, 2.75) is 38.0 Å². The summed E-state index contributed by atoms with van der Waals surface area (Å²) in [5.41, 5.74) is 9.08. The molecule has 0 fully saturated rings. The summed E-state index contributed by atoms with van der Waals surface area (Å²) in [6.45, 7) is 2.28. The Morgan fingerprint density at radius 3 is 2.52 bits per heavy atom. The normalized spacial score (nSPS) is 17.7. The number of amides is 3. The number of para-hydroxylation sites is 1. The SMILES string of the molecule is Cc1cccc(C2=NC(NC(=O)C(CCC(F)(F)F)C(C(N)=O)c3ccccc3)C(=O)N3CCOc4cccc2c43)c1. The second kappa shape index (κ2) is 11.7. The van der Waals surface area contributed by atoms with Gasteiger partial charge >= 0.3 is 6.18 Å². The number of nitrogens with one attached hydrogen (secondary N) is 1. The third-order valence-corrected chi connectivity index (χ3v) is 7.37. The lowest BCUT2D eigenvalue weighted by Crippen LogP contribution is -2.51. The second-order valence-electron chi connectivity index (χ2n) is 10.3. The van der Waals surface area contributed by atoms with Crippen LogP contribution < -0.4 is 20.7 Å². The van der Waals surface area contributed by atoms with Gasteiger partial charge in [-0.25, -0.2) is 4.99 Å². The van der Waals surface area contributed by atoms with E-state index in [4.69, 9.17) is 10.5 Å². The van der Waals surface area contributed by atoms with Gasteiger partial charge < -0.3 is 20.7 Å². The fourth-order valence-corrected chi connectivity index (χ4v) is 5.47. The van der Waals surface area contributed by atoms with Crippen molar-refractivity contribution in [2.24, 2.45) is 16.6 Å². The van der Waals surface area contributed by atoms with E-state index in [9.17, 15) is 27.6 Å². The summed E-state index contributed by atoms with van der Waals surface area (Å²) in [7, 11) is 0. The summed E-state index contributed by atoms with van der Waals surface area (Å²) in [6.07, 6.45) is -8.10. The van der Waals surface area contributed by atoms with Gasteiger partial charge in [0.15, 0.2) is 0 Å². The van der Waals surface area contributed by atoms with E-state index in [0.29, 0.717) is 33.8 Å². The molecule has 3 unspecified atom stereocenters. The number of alkyl halides is 3. The molecule has 218 valence electrons. The maximum Gasteiger partial charge on any atom is 0.389 e. The van der Waals surface area contributed by atoms with Crippen molar-refractivity contribution in [1.82, 2.24) is 5.32 Å². The Balaban J connectivity index is 1.57. The number of hydrogen-bond donors (Lipinski definition) is 2. The summed E-state index contributed by atoms with van der Waals surface area (Å²) in [4.78, 5) is 46.4. The minimum absolute atomic E-state index is 0.178. The highest BCUT2D eigenvalue weighted by molar-refractivity contribution is 6.21. The highest BCUT2D eigenvalue weighted by Crippen LogP contribution is 2.39. The van der Waals surface area contributed by atoms with Gasteiger partial charge in [0.25, 0.3) is 5.91 Å². The number of halogens is 3. The van der Waals surface area contributed by atoms with Crippen LogP contribution in [0.5, 0.6) is 5.75 Å². The van der Waals surface area contributed by atoms with Crippen LogP contribution in [0.3, 0.4) is 0 Å². The molecule has 3 aromatic carbocycles. The predicted octanol–water partition coefficient (Wildman–Crippen LogP) is 4.24. The first-order valence-electron chi connectivity index (χ1n) is 13.5. The van der Waals surface area contributed by atoms with Crippen LogP contribution in [0.4, 0.5) is 18.9 Å². The number of carbonyl (C=O) groups excluding carboxylic acids is 3. The van der Waals surface area contributed by atoms with Crippen molar-refractivity contribution < 1.29 is 32.3 Å². The summed E-state index contributed by atoms with van der Waals surface area (Å²) < 4.78 is 45.8. The Morgan fingerprint density at radius 2 is 1.83 bits per heavy atom. The zero-order chi connectivity index (χ0) is 30.0. The van der Waals surface area contributed by atoms with Crippen LogP contribution >= 0.6 is 0 Å². The lowest BCUT2D eigenvalue weighted by atomic mass is 9.81. The largest absolute Gasteiger partial charge is 0.490 e. The highest BCUT2D eigenvalue weighted by atomic mass is 19.4. The number of primary amides is 1.